The van der Waals surface area contributed by atoms with E-state index in [0.717, 1.165) is 31.2 Å². The maximum Gasteiger partial charge on any atom is 0.191 e. The predicted octanol–water partition coefficient (Wildman–Crippen LogP) is 2.06. The number of nitrogens with one attached hydrogen (secondary N) is 2. The van der Waals surface area contributed by atoms with E-state index in [1.165, 1.54) is 32.1 Å². The molecule has 1 aromatic heterocycles. The van der Waals surface area contributed by atoms with Gasteiger partial charge in [-0.3, -0.25) is 0 Å². The van der Waals surface area contributed by atoms with Crippen LogP contribution in [0, 0.1) is 5.41 Å². The van der Waals surface area contributed by atoms with Crippen molar-refractivity contribution in [1.82, 2.24) is 15.8 Å². The molecule has 124 valence electrons. The van der Waals surface area contributed by atoms with Crippen molar-refractivity contribution in [3.05, 3.63) is 18.0 Å². The van der Waals surface area contributed by atoms with Crippen molar-refractivity contribution in [2.75, 3.05) is 19.7 Å². The van der Waals surface area contributed by atoms with Gasteiger partial charge in [-0.15, -0.1) is 0 Å². The Labute approximate surface area is 132 Å². The number of aliphatic hydroxyl groups is 1. The lowest BCUT2D eigenvalue weighted by molar-refractivity contribution is 0.131. The summed E-state index contributed by atoms with van der Waals surface area (Å²) in [6.07, 6.45) is 8.62. The second-order valence-corrected chi connectivity index (χ2v) is 6.07. The third-order valence-electron chi connectivity index (χ3n) is 4.42. The Hall–Kier alpha value is -1.56. The van der Waals surface area contributed by atoms with Crippen LogP contribution in [0.15, 0.2) is 21.8 Å². The van der Waals surface area contributed by atoms with E-state index < -0.39 is 0 Å². The molecule has 22 heavy (non-hydrogen) atoms. The fraction of sp³-hybridized carbons (Fsp3) is 0.750. The lowest BCUT2D eigenvalue weighted by atomic mass is 9.72. The monoisotopic (exact) mass is 308 g/mol. The maximum absolute atomic E-state index is 9.39. The van der Waals surface area contributed by atoms with E-state index in [9.17, 15) is 5.11 Å². The van der Waals surface area contributed by atoms with Crippen LogP contribution in [0.3, 0.4) is 0 Å². The molecule has 0 saturated heterocycles. The first-order chi connectivity index (χ1) is 10.8. The highest BCUT2D eigenvalue weighted by atomic mass is 16.5. The van der Waals surface area contributed by atoms with Gasteiger partial charge in [0.2, 0.25) is 0 Å². The standard InChI is InChI=1S/C16H28N4O2/c1-2-17-15(18-12-14-6-11-22-20-14)19-13-16(9-10-21)7-4-3-5-8-16/h6,11,21H,2-5,7-10,12-13H2,1H3,(H2,17,18,19). The van der Waals surface area contributed by atoms with E-state index in [4.69, 9.17) is 4.52 Å². The predicted molar refractivity (Wildman–Crippen MR) is 86.5 cm³/mol. The van der Waals surface area contributed by atoms with Crippen LogP contribution in [0.5, 0.6) is 0 Å². The molecule has 1 saturated carbocycles. The molecule has 1 aliphatic rings. The van der Waals surface area contributed by atoms with Gasteiger partial charge in [0.05, 0.1) is 6.54 Å². The summed E-state index contributed by atoms with van der Waals surface area (Å²) >= 11 is 0. The first kappa shape index (κ1) is 16.8. The second-order valence-electron chi connectivity index (χ2n) is 6.07. The first-order valence-electron chi connectivity index (χ1n) is 8.30. The van der Waals surface area contributed by atoms with Crippen LogP contribution in [-0.2, 0) is 6.54 Å². The summed E-state index contributed by atoms with van der Waals surface area (Å²) in [6, 6.07) is 1.82. The molecule has 1 heterocycles. The fourth-order valence-corrected chi connectivity index (χ4v) is 3.15. The number of nitrogens with zero attached hydrogens (tertiary/aromatic N) is 2. The zero-order valence-electron chi connectivity index (χ0n) is 13.5. The molecule has 0 aliphatic heterocycles. The van der Waals surface area contributed by atoms with Crippen LogP contribution in [0.4, 0.5) is 0 Å². The van der Waals surface area contributed by atoms with Gasteiger partial charge in [0.25, 0.3) is 0 Å². The van der Waals surface area contributed by atoms with Crippen molar-refractivity contribution in [3.8, 4) is 0 Å². The normalized spacial score (nSPS) is 18.2. The van der Waals surface area contributed by atoms with E-state index in [-0.39, 0.29) is 12.0 Å². The average Bonchev–Trinajstić information content (AvgIpc) is 3.05. The molecule has 0 aromatic carbocycles. The van der Waals surface area contributed by atoms with Crippen LogP contribution in [0.2, 0.25) is 0 Å². The molecular weight excluding hydrogens is 280 g/mol. The van der Waals surface area contributed by atoms with E-state index in [1.54, 1.807) is 6.26 Å². The summed E-state index contributed by atoms with van der Waals surface area (Å²) in [7, 11) is 0. The van der Waals surface area contributed by atoms with Gasteiger partial charge in [-0.05, 0) is 31.6 Å². The SMILES string of the molecule is CCNC(=NCc1ccon1)NCC1(CCO)CCCCC1. The number of hydrogen-bond donors (Lipinski definition) is 3. The lowest BCUT2D eigenvalue weighted by Gasteiger charge is -2.37. The Morgan fingerprint density at radius 1 is 1.36 bits per heavy atom. The van der Waals surface area contributed by atoms with Gasteiger partial charge in [0, 0.05) is 25.8 Å². The minimum Gasteiger partial charge on any atom is -0.396 e. The van der Waals surface area contributed by atoms with Crippen molar-refractivity contribution in [2.24, 2.45) is 10.4 Å². The summed E-state index contributed by atoms with van der Waals surface area (Å²) in [5, 5.41) is 20.0. The number of aromatic nitrogens is 1. The number of rotatable bonds is 7. The van der Waals surface area contributed by atoms with Gasteiger partial charge in [-0.25, -0.2) is 4.99 Å². The minimum atomic E-state index is 0.205. The largest absolute Gasteiger partial charge is 0.396 e. The van der Waals surface area contributed by atoms with Crippen molar-refractivity contribution in [2.45, 2.75) is 52.0 Å². The smallest absolute Gasteiger partial charge is 0.191 e. The van der Waals surface area contributed by atoms with E-state index in [1.807, 2.05) is 6.07 Å². The van der Waals surface area contributed by atoms with Crippen LogP contribution in [-0.4, -0.2) is 35.9 Å². The molecular formula is C16H28N4O2. The van der Waals surface area contributed by atoms with E-state index >= 15 is 0 Å². The molecule has 0 amide bonds. The van der Waals surface area contributed by atoms with Gasteiger partial charge >= 0.3 is 0 Å². The Morgan fingerprint density at radius 2 is 2.18 bits per heavy atom. The molecule has 0 spiro atoms. The molecule has 0 radical (unpaired) electrons. The van der Waals surface area contributed by atoms with Crippen LogP contribution < -0.4 is 10.6 Å². The zero-order valence-corrected chi connectivity index (χ0v) is 13.5. The highest BCUT2D eigenvalue weighted by molar-refractivity contribution is 5.79. The van der Waals surface area contributed by atoms with E-state index in [0.29, 0.717) is 6.54 Å². The highest BCUT2D eigenvalue weighted by Gasteiger charge is 2.31. The molecule has 0 bridgehead atoms. The Morgan fingerprint density at radius 3 is 2.82 bits per heavy atom. The van der Waals surface area contributed by atoms with Gasteiger partial charge in [0.15, 0.2) is 5.96 Å². The molecule has 0 atom stereocenters. The van der Waals surface area contributed by atoms with Crippen LogP contribution in [0.25, 0.3) is 0 Å². The second kappa shape index (κ2) is 8.78. The van der Waals surface area contributed by atoms with Crippen molar-refractivity contribution in [1.29, 1.82) is 0 Å². The molecule has 0 unspecified atom stereocenters. The number of aliphatic imine (C=N–C) groups is 1. The summed E-state index contributed by atoms with van der Waals surface area (Å²) in [6.45, 7) is 4.49. The van der Waals surface area contributed by atoms with Gasteiger partial charge < -0.3 is 20.3 Å². The third-order valence-corrected chi connectivity index (χ3v) is 4.42. The maximum atomic E-state index is 9.39. The van der Waals surface area contributed by atoms with E-state index in [2.05, 4.69) is 27.7 Å². The van der Waals surface area contributed by atoms with Crippen molar-refractivity contribution >= 4 is 5.96 Å². The molecule has 6 heteroatoms. The third kappa shape index (κ3) is 5.02. The summed E-state index contributed by atoms with van der Waals surface area (Å²) < 4.78 is 4.82. The molecule has 1 aliphatic carbocycles. The Bertz CT molecular complexity index is 433. The first-order valence-corrected chi connectivity index (χ1v) is 8.30. The topological polar surface area (TPSA) is 82.7 Å². The average molecular weight is 308 g/mol. The molecule has 3 N–H and O–H groups in total. The zero-order chi connectivity index (χ0) is 15.7. The number of guanidine groups is 1. The highest BCUT2D eigenvalue weighted by Crippen LogP contribution is 2.38. The molecule has 1 fully saturated rings. The summed E-state index contributed by atoms with van der Waals surface area (Å²) in [4.78, 5) is 4.54. The number of hydrogen-bond acceptors (Lipinski definition) is 4. The minimum absolute atomic E-state index is 0.205. The van der Waals surface area contributed by atoms with Crippen molar-refractivity contribution < 1.29 is 9.63 Å². The fourth-order valence-electron chi connectivity index (χ4n) is 3.15. The van der Waals surface area contributed by atoms with Crippen LogP contribution >= 0.6 is 0 Å². The van der Waals surface area contributed by atoms with Crippen molar-refractivity contribution in [3.63, 3.8) is 0 Å². The Kier molecular flexibility index (Phi) is 6.71. The lowest BCUT2D eigenvalue weighted by Crippen LogP contribution is -2.44. The van der Waals surface area contributed by atoms with Gasteiger partial charge in [-0.2, -0.15) is 0 Å². The quantitative estimate of drug-likeness (QED) is 0.530. The summed E-state index contributed by atoms with van der Waals surface area (Å²) in [5.41, 5.74) is 1.02. The van der Waals surface area contributed by atoms with Crippen LogP contribution in [0.1, 0.15) is 51.1 Å². The molecule has 1 aromatic rings. The van der Waals surface area contributed by atoms with Gasteiger partial charge in [0.1, 0.15) is 12.0 Å². The van der Waals surface area contributed by atoms with Gasteiger partial charge in [-0.1, -0.05) is 24.4 Å². The number of aliphatic hydroxyl groups excluding tert-OH is 1. The Balaban J connectivity index is 1.92. The molecule has 6 nitrogen and oxygen atoms in total. The summed E-state index contributed by atoms with van der Waals surface area (Å²) in [5.74, 6) is 0.799. The molecule has 2 rings (SSSR count).